The summed E-state index contributed by atoms with van der Waals surface area (Å²) in [4.78, 5) is 15.7. The first-order valence-electron chi connectivity index (χ1n) is 5.69. The van der Waals surface area contributed by atoms with Crippen LogP contribution in [0.15, 0.2) is 55.1 Å². The third-order valence-corrected chi connectivity index (χ3v) is 2.58. The third kappa shape index (κ3) is 4.75. The topological polar surface area (TPSA) is 33.8 Å². The molecule has 0 unspecified atom stereocenters. The summed E-state index contributed by atoms with van der Waals surface area (Å²) >= 11 is 0. The quantitative estimate of drug-likeness (QED) is 0.635. The van der Waals surface area contributed by atoms with Crippen molar-refractivity contribution >= 4 is 5.78 Å². The van der Waals surface area contributed by atoms with Gasteiger partial charge in [0.2, 0.25) is 6.54 Å². The molecule has 1 aromatic carbocycles. The van der Waals surface area contributed by atoms with Gasteiger partial charge >= 0.3 is 0 Å². The summed E-state index contributed by atoms with van der Waals surface area (Å²) in [6, 6.07) is 10.1. The predicted molar refractivity (Wildman–Crippen MR) is 64.2 cm³/mol. The monoisotopic (exact) mass is 306 g/mol. The third-order valence-electron chi connectivity index (χ3n) is 2.58. The number of carbonyl (C=O) groups is 1. The zero-order valence-corrected chi connectivity index (χ0v) is 11.6. The molecule has 1 heterocycles. The molecule has 0 amide bonds. The van der Waals surface area contributed by atoms with Crippen LogP contribution in [0.1, 0.15) is 12.0 Å². The van der Waals surface area contributed by atoms with Gasteiger partial charge in [0.1, 0.15) is 0 Å². The zero-order valence-electron chi connectivity index (χ0n) is 10.00. The Bertz CT molecular complexity index is 474. The first-order valence-corrected chi connectivity index (χ1v) is 5.69. The minimum atomic E-state index is 0. The van der Waals surface area contributed by atoms with Crippen molar-refractivity contribution in [3.63, 3.8) is 0 Å². The van der Waals surface area contributed by atoms with Crippen LogP contribution in [0.25, 0.3) is 0 Å². The Morgan fingerprint density at radius 3 is 2.44 bits per heavy atom. The Labute approximate surface area is 117 Å². The Balaban J connectivity index is 0.00000162. The van der Waals surface area contributed by atoms with Gasteiger partial charge in [-0.15, -0.1) is 0 Å². The van der Waals surface area contributed by atoms with Crippen LogP contribution in [0.2, 0.25) is 0 Å². The van der Waals surface area contributed by atoms with Crippen LogP contribution in [0.3, 0.4) is 0 Å². The molecule has 94 valence electrons. The summed E-state index contributed by atoms with van der Waals surface area (Å²) in [6.45, 7) is 0.426. The fourth-order valence-corrected chi connectivity index (χ4v) is 1.66. The van der Waals surface area contributed by atoms with Crippen molar-refractivity contribution in [1.29, 1.82) is 0 Å². The summed E-state index contributed by atoms with van der Waals surface area (Å²) in [6.07, 6.45) is 8.38. The van der Waals surface area contributed by atoms with Gasteiger partial charge in [0, 0.05) is 6.42 Å². The summed E-state index contributed by atoms with van der Waals surface area (Å²) < 4.78 is 1.85. The van der Waals surface area contributed by atoms with E-state index < -0.39 is 0 Å². The number of Topliss-reactive ketones (excluding diaryl/α,β-unsaturated/α-hetero) is 1. The van der Waals surface area contributed by atoms with E-state index in [1.54, 1.807) is 24.8 Å². The van der Waals surface area contributed by atoms with Crippen molar-refractivity contribution in [1.82, 2.24) is 4.98 Å². The average Bonchev–Trinajstić information content (AvgIpc) is 2.39. The van der Waals surface area contributed by atoms with Gasteiger partial charge in [-0.05, 0) is 12.0 Å². The molecule has 0 radical (unpaired) electrons. The Kier molecular flexibility index (Phi) is 6.22. The molecule has 2 rings (SSSR count). The van der Waals surface area contributed by atoms with Gasteiger partial charge in [0.15, 0.2) is 18.2 Å². The first-order chi connectivity index (χ1) is 8.34. The van der Waals surface area contributed by atoms with Gasteiger partial charge in [-0.1, -0.05) is 30.3 Å². The van der Waals surface area contributed by atoms with E-state index in [0.717, 1.165) is 6.42 Å². The Morgan fingerprint density at radius 2 is 1.78 bits per heavy atom. The summed E-state index contributed by atoms with van der Waals surface area (Å²) in [5, 5.41) is 0. The van der Waals surface area contributed by atoms with Crippen molar-refractivity contribution in [2.24, 2.45) is 0 Å². The van der Waals surface area contributed by atoms with Gasteiger partial charge in [-0.25, -0.2) is 0 Å². The van der Waals surface area contributed by atoms with Crippen molar-refractivity contribution in [3.8, 4) is 0 Å². The molecule has 0 aliphatic rings. The first kappa shape index (κ1) is 14.5. The van der Waals surface area contributed by atoms with E-state index in [4.69, 9.17) is 0 Å². The highest BCUT2D eigenvalue weighted by Gasteiger charge is 2.08. The van der Waals surface area contributed by atoms with Crippen LogP contribution in [-0.2, 0) is 17.8 Å². The highest BCUT2D eigenvalue weighted by atomic mass is 79.9. The van der Waals surface area contributed by atoms with Crippen LogP contribution < -0.4 is 21.5 Å². The van der Waals surface area contributed by atoms with Crippen LogP contribution in [0, 0.1) is 0 Å². The second-order valence-electron chi connectivity index (χ2n) is 3.94. The van der Waals surface area contributed by atoms with Crippen LogP contribution >= 0.6 is 0 Å². The van der Waals surface area contributed by atoms with Crippen molar-refractivity contribution in [3.05, 3.63) is 60.7 Å². The minimum absolute atomic E-state index is 0. The highest BCUT2D eigenvalue weighted by Crippen LogP contribution is 2.02. The molecule has 0 bridgehead atoms. The molecule has 0 aliphatic heterocycles. The number of benzene rings is 1. The van der Waals surface area contributed by atoms with Gasteiger partial charge in [0.25, 0.3) is 0 Å². The number of carbonyl (C=O) groups excluding carboxylic acids is 1. The number of halogens is 1. The number of hydrogen-bond donors (Lipinski definition) is 0. The number of rotatable bonds is 5. The normalized spacial score (nSPS) is 9.56. The lowest BCUT2D eigenvalue weighted by Gasteiger charge is -1.99. The van der Waals surface area contributed by atoms with Gasteiger partial charge in [0.05, 0.1) is 12.4 Å². The molecular formula is C14H15BrN2O. The molecule has 0 fully saturated rings. The van der Waals surface area contributed by atoms with Crippen LogP contribution in [-0.4, -0.2) is 10.8 Å². The van der Waals surface area contributed by atoms with Gasteiger partial charge in [-0.3, -0.25) is 9.78 Å². The molecule has 18 heavy (non-hydrogen) atoms. The maximum Gasteiger partial charge on any atom is 0.206 e. The van der Waals surface area contributed by atoms with E-state index in [9.17, 15) is 4.79 Å². The number of aromatic nitrogens is 2. The highest BCUT2D eigenvalue weighted by molar-refractivity contribution is 5.77. The smallest absolute Gasteiger partial charge is 0.206 e. The molecule has 0 atom stereocenters. The number of aryl methyl sites for hydroxylation is 1. The van der Waals surface area contributed by atoms with E-state index in [1.807, 2.05) is 34.9 Å². The number of hydrogen-bond acceptors (Lipinski definition) is 2. The molecule has 0 spiro atoms. The molecule has 0 N–H and O–H groups in total. The Hall–Kier alpha value is -1.55. The van der Waals surface area contributed by atoms with Crippen LogP contribution in [0.4, 0.5) is 0 Å². The van der Waals surface area contributed by atoms with Crippen molar-refractivity contribution in [2.45, 2.75) is 19.4 Å². The molecular weight excluding hydrogens is 292 g/mol. The lowest BCUT2D eigenvalue weighted by molar-refractivity contribution is -0.684. The van der Waals surface area contributed by atoms with Crippen LogP contribution in [0.5, 0.6) is 0 Å². The molecule has 0 aliphatic carbocycles. The fraction of sp³-hybridized carbons (Fsp3) is 0.214. The zero-order chi connectivity index (χ0) is 11.9. The predicted octanol–water partition coefficient (Wildman–Crippen LogP) is -1.42. The average molecular weight is 307 g/mol. The lowest BCUT2D eigenvalue weighted by atomic mass is 10.1. The largest absolute Gasteiger partial charge is 1.00 e. The fourth-order valence-electron chi connectivity index (χ4n) is 1.66. The molecule has 3 nitrogen and oxygen atoms in total. The summed E-state index contributed by atoms with van der Waals surface area (Å²) in [7, 11) is 0. The number of nitrogens with zero attached hydrogens (tertiary/aromatic N) is 2. The second kappa shape index (κ2) is 7.71. The van der Waals surface area contributed by atoms with Crippen molar-refractivity contribution in [2.75, 3.05) is 0 Å². The molecule has 0 saturated heterocycles. The summed E-state index contributed by atoms with van der Waals surface area (Å²) in [5.41, 5.74) is 1.21. The van der Waals surface area contributed by atoms with Crippen molar-refractivity contribution < 1.29 is 26.3 Å². The molecule has 1 aromatic heterocycles. The molecule has 4 heteroatoms. The minimum Gasteiger partial charge on any atom is -1.00 e. The van der Waals surface area contributed by atoms with E-state index in [0.29, 0.717) is 13.0 Å². The lowest BCUT2D eigenvalue weighted by Crippen LogP contribution is -3.00. The molecule has 2 aromatic rings. The summed E-state index contributed by atoms with van der Waals surface area (Å²) in [5.74, 6) is 0.241. The van der Waals surface area contributed by atoms with Gasteiger partial charge < -0.3 is 17.0 Å². The standard InChI is InChI=1S/C14H15N2O.BrH/c17-14(12-16-10-8-15-9-11-16)7-6-13-4-2-1-3-5-13;/h1-5,8-11H,6-7,12H2;1H/q+1;/p-1. The Morgan fingerprint density at radius 1 is 1.11 bits per heavy atom. The van der Waals surface area contributed by atoms with E-state index in [-0.39, 0.29) is 22.8 Å². The van der Waals surface area contributed by atoms with E-state index in [2.05, 4.69) is 4.98 Å². The number of ketones is 1. The maximum absolute atomic E-state index is 11.7. The molecule has 0 saturated carbocycles. The van der Waals surface area contributed by atoms with E-state index >= 15 is 0 Å². The SMILES string of the molecule is O=C(CCc1ccccc1)C[n+]1ccncc1.[Br-]. The maximum atomic E-state index is 11.7. The van der Waals surface area contributed by atoms with Gasteiger partial charge in [-0.2, -0.15) is 4.57 Å². The second-order valence-corrected chi connectivity index (χ2v) is 3.94. The van der Waals surface area contributed by atoms with E-state index in [1.165, 1.54) is 5.56 Å².